The van der Waals surface area contributed by atoms with Gasteiger partial charge >= 0.3 is 0 Å². The van der Waals surface area contributed by atoms with Crippen LogP contribution in [0.15, 0.2) is 4.79 Å². The number of aromatic nitrogens is 2. The van der Waals surface area contributed by atoms with Crippen LogP contribution in [0, 0.1) is 13.8 Å². The third-order valence-corrected chi connectivity index (χ3v) is 4.64. The van der Waals surface area contributed by atoms with Gasteiger partial charge in [0.25, 0.3) is 5.56 Å². The predicted octanol–water partition coefficient (Wildman–Crippen LogP) is 2.84. The minimum atomic E-state index is -0.0430. The Bertz CT molecular complexity index is 638. The van der Waals surface area contributed by atoms with Crippen LogP contribution in [0.25, 0.3) is 10.2 Å². The first-order valence-corrected chi connectivity index (χ1v) is 7.10. The van der Waals surface area contributed by atoms with Gasteiger partial charge in [0.05, 0.1) is 5.39 Å². The minimum absolute atomic E-state index is 0.0361. The summed E-state index contributed by atoms with van der Waals surface area (Å²) in [7, 11) is 0. The molecule has 5 heteroatoms. The van der Waals surface area contributed by atoms with Crippen molar-refractivity contribution in [3.05, 3.63) is 26.6 Å². The quantitative estimate of drug-likeness (QED) is 0.861. The summed E-state index contributed by atoms with van der Waals surface area (Å²) < 4.78 is 5.68. The molecule has 4 nitrogen and oxygen atoms in total. The van der Waals surface area contributed by atoms with E-state index in [9.17, 15) is 4.79 Å². The van der Waals surface area contributed by atoms with E-state index >= 15 is 0 Å². The SMILES string of the molecule is Cc1sc2nc(C3CCCCO3)[nH]c(=O)c2c1C. The third-order valence-electron chi connectivity index (χ3n) is 3.54. The Hall–Kier alpha value is -1.20. The molecule has 2 aromatic rings. The van der Waals surface area contributed by atoms with Crippen molar-refractivity contribution in [1.82, 2.24) is 9.97 Å². The first kappa shape index (κ1) is 11.9. The molecule has 1 N–H and O–H groups in total. The minimum Gasteiger partial charge on any atom is -0.370 e. The summed E-state index contributed by atoms with van der Waals surface area (Å²) in [4.78, 5) is 21.6. The van der Waals surface area contributed by atoms with Crippen LogP contribution >= 0.6 is 11.3 Å². The number of hydrogen-bond donors (Lipinski definition) is 1. The molecule has 0 saturated carbocycles. The van der Waals surface area contributed by atoms with Gasteiger partial charge in [-0.3, -0.25) is 4.79 Å². The van der Waals surface area contributed by atoms with Gasteiger partial charge in [0.15, 0.2) is 0 Å². The molecule has 1 aliphatic rings. The summed E-state index contributed by atoms with van der Waals surface area (Å²) in [6, 6.07) is 0. The Morgan fingerprint density at radius 3 is 2.94 bits per heavy atom. The van der Waals surface area contributed by atoms with E-state index in [4.69, 9.17) is 4.74 Å². The monoisotopic (exact) mass is 264 g/mol. The van der Waals surface area contributed by atoms with E-state index in [2.05, 4.69) is 9.97 Å². The molecule has 0 amide bonds. The Labute approximate surface area is 109 Å². The average molecular weight is 264 g/mol. The van der Waals surface area contributed by atoms with Crippen molar-refractivity contribution in [1.29, 1.82) is 0 Å². The Morgan fingerprint density at radius 1 is 1.39 bits per heavy atom. The highest BCUT2D eigenvalue weighted by Gasteiger charge is 2.20. The normalized spacial score (nSPS) is 20.4. The molecule has 96 valence electrons. The molecular formula is C13H16N2O2S. The highest BCUT2D eigenvalue weighted by Crippen LogP contribution is 2.29. The summed E-state index contributed by atoms with van der Waals surface area (Å²) in [5, 5.41) is 0.733. The zero-order valence-electron chi connectivity index (χ0n) is 10.6. The largest absolute Gasteiger partial charge is 0.370 e. The van der Waals surface area contributed by atoms with Gasteiger partial charge < -0.3 is 9.72 Å². The van der Waals surface area contributed by atoms with Crippen molar-refractivity contribution in [3.8, 4) is 0 Å². The van der Waals surface area contributed by atoms with Gasteiger partial charge in [-0.15, -0.1) is 11.3 Å². The molecule has 18 heavy (non-hydrogen) atoms. The van der Waals surface area contributed by atoms with Gasteiger partial charge in [0, 0.05) is 11.5 Å². The first-order chi connectivity index (χ1) is 8.66. The second-order valence-corrected chi connectivity index (χ2v) is 5.97. The van der Waals surface area contributed by atoms with Crippen molar-refractivity contribution >= 4 is 21.6 Å². The van der Waals surface area contributed by atoms with Crippen LogP contribution in [0.2, 0.25) is 0 Å². The summed E-state index contributed by atoms with van der Waals surface area (Å²) in [6.45, 7) is 4.76. The van der Waals surface area contributed by atoms with Crippen LogP contribution in [0.3, 0.4) is 0 Å². The van der Waals surface area contributed by atoms with Gasteiger partial charge in [-0.25, -0.2) is 4.98 Å². The number of aryl methyl sites for hydroxylation is 2. The van der Waals surface area contributed by atoms with E-state index in [1.54, 1.807) is 11.3 Å². The molecule has 1 saturated heterocycles. The van der Waals surface area contributed by atoms with Crippen LogP contribution in [0.4, 0.5) is 0 Å². The van der Waals surface area contributed by atoms with E-state index in [0.29, 0.717) is 5.82 Å². The van der Waals surface area contributed by atoms with Crippen LogP contribution in [0.5, 0.6) is 0 Å². The fourth-order valence-electron chi connectivity index (χ4n) is 2.38. The van der Waals surface area contributed by atoms with Crippen molar-refractivity contribution in [2.75, 3.05) is 6.61 Å². The lowest BCUT2D eigenvalue weighted by molar-refractivity contribution is 0.00955. The number of nitrogens with one attached hydrogen (secondary N) is 1. The van der Waals surface area contributed by atoms with Crippen molar-refractivity contribution in [2.24, 2.45) is 0 Å². The first-order valence-electron chi connectivity index (χ1n) is 6.28. The van der Waals surface area contributed by atoms with E-state index in [-0.39, 0.29) is 11.7 Å². The van der Waals surface area contributed by atoms with Gasteiger partial charge in [-0.2, -0.15) is 0 Å². The van der Waals surface area contributed by atoms with E-state index in [0.717, 1.165) is 46.5 Å². The molecular weight excluding hydrogens is 248 g/mol. The number of thiophene rings is 1. The Balaban J connectivity index is 2.12. The number of nitrogens with zero attached hydrogens (tertiary/aromatic N) is 1. The summed E-state index contributed by atoms with van der Waals surface area (Å²) in [5.74, 6) is 0.688. The number of rotatable bonds is 1. The molecule has 0 aromatic carbocycles. The van der Waals surface area contributed by atoms with Crippen molar-refractivity contribution < 1.29 is 4.74 Å². The lowest BCUT2D eigenvalue weighted by Gasteiger charge is -2.21. The molecule has 1 fully saturated rings. The molecule has 1 aliphatic heterocycles. The molecule has 1 unspecified atom stereocenters. The molecule has 3 heterocycles. The number of H-pyrrole nitrogens is 1. The molecule has 0 radical (unpaired) electrons. The van der Waals surface area contributed by atoms with E-state index in [1.807, 2.05) is 13.8 Å². The molecule has 3 rings (SSSR count). The lowest BCUT2D eigenvalue weighted by atomic mass is 10.1. The molecule has 2 aromatic heterocycles. The molecule has 1 atom stereocenters. The Morgan fingerprint density at radius 2 is 2.22 bits per heavy atom. The molecule has 0 bridgehead atoms. The zero-order chi connectivity index (χ0) is 12.7. The number of aromatic amines is 1. The topological polar surface area (TPSA) is 55.0 Å². The molecule has 0 aliphatic carbocycles. The Kier molecular flexibility index (Phi) is 2.95. The highest BCUT2D eigenvalue weighted by atomic mass is 32.1. The van der Waals surface area contributed by atoms with Crippen LogP contribution in [-0.4, -0.2) is 16.6 Å². The zero-order valence-corrected chi connectivity index (χ0v) is 11.4. The third kappa shape index (κ3) is 1.87. The highest BCUT2D eigenvalue weighted by molar-refractivity contribution is 7.18. The standard InChI is InChI=1S/C13H16N2O2S/c1-7-8(2)18-13-10(7)12(16)14-11(15-13)9-5-3-4-6-17-9/h9H,3-6H2,1-2H3,(H,14,15,16). The summed E-state index contributed by atoms with van der Waals surface area (Å²) in [6.07, 6.45) is 3.13. The maximum absolute atomic E-state index is 12.1. The average Bonchev–Trinajstić information content (AvgIpc) is 2.66. The van der Waals surface area contributed by atoms with Crippen molar-refractivity contribution in [2.45, 2.75) is 39.2 Å². The van der Waals surface area contributed by atoms with Gasteiger partial charge in [-0.05, 0) is 38.7 Å². The summed E-state index contributed by atoms with van der Waals surface area (Å²) >= 11 is 1.58. The fourth-order valence-corrected chi connectivity index (χ4v) is 3.42. The predicted molar refractivity (Wildman–Crippen MR) is 72.3 cm³/mol. The van der Waals surface area contributed by atoms with Gasteiger partial charge in [-0.1, -0.05) is 0 Å². The van der Waals surface area contributed by atoms with Crippen LogP contribution < -0.4 is 5.56 Å². The van der Waals surface area contributed by atoms with E-state index in [1.165, 1.54) is 0 Å². The maximum atomic E-state index is 12.1. The second-order valence-electron chi connectivity index (χ2n) is 4.77. The smallest absolute Gasteiger partial charge is 0.260 e. The lowest BCUT2D eigenvalue weighted by Crippen LogP contribution is -2.19. The number of hydrogen-bond acceptors (Lipinski definition) is 4. The van der Waals surface area contributed by atoms with Gasteiger partial charge in [0.1, 0.15) is 16.8 Å². The van der Waals surface area contributed by atoms with E-state index < -0.39 is 0 Å². The number of fused-ring (bicyclic) bond motifs is 1. The van der Waals surface area contributed by atoms with Gasteiger partial charge in [0.2, 0.25) is 0 Å². The second kappa shape index (κ2) is 4.48. The van der Waals surface area contributed by atoms with Crippen LogP contribution in [0.1, 0.15) is 41.6 Å². The summed E-state index contributed by atoms with van der Waals surface area (Å²) in [5.41, 5.74) is 1.01. The van der Waals surface area contributed by atoms with Crippen molar-refractivity contribution in [3.63, 3.8) is 0 Å². The maximum Gasteiger partial charge on any atom is 0.260 e. The van der Waals surface area contributed by atoms with Crippen LogP contribution in [-0.2, 0) is 4.74 Å². The molecule has 0 spiro atoms. The number of ether oxygens (including phenoxy) is 1. The fraction of sp³-hybridized carbons (Fsp3) is 0.538.